The maximum atomic E-state index is 5.57. The molecule has 0 aromatic carbocycles. The zero-order valence-corrected chi connectivity index (χ0v) is 9.71. The molecular formula is C11H19N3O. The average molecular weight is 209 g/mol. The van der Waals surface area contributed by atoms with Crippen molar-refractivity contribution in [3.63, 3.8) is 0 Å². The van der Waals surface area contributed by atoms with Crippen molar-refractivity contribution in [1.82, 2.24) is 9.97 Å². The molecule has 1 heterocycles. The Bertz CT molecular complexity index is 302. The number of nitrogens with one attached hydrogen (secondary N) is 1. The van der Waals surface area contributed by atoms with Crippen LogP contribution in [0.2, 0.25) is 0 Å². The van der Waals surface area contributed by atoms with Crippen molar-refractivity contribution in [2.75, 3.05) is 18.5 Å². The third-order valence-corrected chi connectivity index (χ3v) is 2.12. The summed E-state index contributed by atoms with van der Waals surface area (Å²) in [7, 11) is 0. The highest BCUT2D eigenvalue weighted by atomic mass is 16.5. The van der Waals surface area contributed by atoms with Gasteiger partial charge in [-0.05, 0) is 20.3 Å². The molecule has 0 saturated carbocycles. The lowest BCUT2D eigenvalue weighted by atomic mass is 10.3. The molecule has 0 aliphatic heterocycles. The van der Waals surface area contributed by atoms with Crippen LogP contribution in [0.1, 0.15) is 32.3 Å². The molecule has 1 rings (SSSR count). The van der Waals surface area contributed by atoms with Gasteiger partial charge in [-0.25, -0.2) is 9.97 Å². The molecule has 1 aromatic rings. The Kier molecular flexibility index (Phi) is 4.87. The predicted molar refractivity (Wildman–Crippen MR) is 61.3 cm³/mol. The van der Waals surface area contributed by atoms with Crippen LogP contribution in [0.4, 0.5) is 5.82 Å². The number of rotatable bonds is 6. The van der Waals surface area contributed by atoms with Gasteiger partial charge < -0.3 is 10.1 Å². The smallest absolute Gasteiger partial charge is 0.221 e. The summed E-state index contributed by atoms with van der Waals surface area (Å²) < 4.78 is 5.57. The van der Waals surface area contributed by atoms with Crippen molar-refractivity contribution in [2.45, 2.75) is 33.6 Å². The van der Waals surface area contributed by atoms with Crippen LogP contribution in [0.25, 0.3) is 0 Å². The Morgan fingerprint density at radius 3 is 2.80 bits per heavy atom. The van der Waals surface area contributed by atoms with E-state index >= 15 is 0 Å². The van der Waals surface area contributed by atoms with Crippen molar-refractivity contribution >= 4 is 5.82 Å². The first-order valence-electron chi connectivity index (χ1n) is 5.47. The minimum Gasteiger partial charge on any atom is -0.477 e. The molecule has 0 amide bonds. The van der Waals surface area contributed by atoms with E-state index in [0.29, 0.717) is 5.88 Å². The molecule has 15 heavy (non-hydrogen) atoms. The lowest BCUT2D eigenvalue weighted by Crippen LogP contribution is -2.06. The van der Waals surface area contributed by atoms with Gasteiger partial charge in [0.25, 0.3) is 0 Å². The quantitative estimate of drug-likeness (QED) is 0.731. The first-order valence-corrected chi connectivity index (χ1v) is 5.47. The van der Waals surface area contributed by atoms with E-state index in [0.717, 1.165) is 37.4 Å². The summed E-state index contributed by atoms with van der Waals surface area (Å²) >= 11 is 0. The van der Waals surface area contributed by atoms with E-state index in [2.05, 4.69) is 22.2 Å². The lowest BCUT2D eigenvalue weighted by Gasteiger charge is -2.10. The molecule has 1 N–H and O–H groups in total. The molecule has 4 nitrogen and oxygen atoms in total. The third-order valence-electron chi connectivity index (χ3n) is 2.12. The van der Waals surface area contributed by atoms with Crippen LogP contribution in [-0.4, -0.2) is 23.1 Å². The summed E-state index contributed by atoms with van der Waals surface area (Å²) in [6, 6.07) is 0. The normalized spacial score (nSPS) is 10.1. The van der Waals surface area contributed by atoms with Gasteiger partial charge in [-0.3, -0.25) is 0 Å². The van der Waals surface area contributed by atoms with Crippen molar-refractivity contribution in [1.29, 1.82) is 0 Å². The van der Waals surface area contributed by atoms with Crippen LogP contribution >= 0.6 is 0 Å². The fourth-order valence-corrected chi connectivity index (χ4v) is 1.24. The van der Waals surface area contributed by atoms with Crippen LogP contribution in [0.15, 0.2) is 6.33 Å². The van der Waals surface area contributed by atoms with Crippen LogP contribution in [0.5, 0.6) is 5.88 Å². The summed E-state index contributed by atoms with van der Waals surface area (Å²) in [6.07, 6.45) is 3.72. The number of anilines is 1. The van der Waals surface area contributed by atoms with Crippen LogP contribution in [0.3, 0.4) is 0 Å². The molecule has 0 atom stereocenters. The van der Waals surface area contributed by atoms with Gasteiger partial charge >= 0.3 is 0 Å². The second-order valence-corrected chi connectivity index (χ2v) is 3.38. The Balaban J connectivity index is 2.66. The SMILES string of the molecule is CCCCOc1ncnc(NCC)c1C. The minimum absolute atomic E-state index is 0.689. The van der Waals surface area contributed by atoms with Gasteiger partial charge in [0.15, 0.2) is 0 Å². The second kappa shape index (κ2) is 6.22. The molecule has 0 unspecified atom stereocenters. The average Bonchev–Trinajstić information content (AvgIpc) is 2.24. The highest BCUT2D eigenvalue weighted by molar-refractivity contribution is 5.47. The second-order valence-electron chi connectivity index (χ2n) is 3.38. The number of hydrogen-bond acceptors (Lipinski definition) is 4. The van der Waals surface area contributed by atoms with E-state index in [9.17, 15) is 0 Å². The van der Waals surface area contributed by atoms with E-state index < -0.39 is 0 Å². The summed E-state index contributed by atoms with van der Waals surface area (Å²) in [6.45, 7) is 7.73. The summed E-state index contributed by atoms with van der Waals surface area (Å²) in [4.78, 5) is 8.27. The molecule has 1 aromatic heterocycles. The first kappa shape index (κ1) is 11.8. The number of ether oxygens (including phenoxy) is 1. The largest absolute Gasteiger partial charge is 0.477 e. The molecule has 0 aliphatic rings. The number of hydrogen-bond donors (Lipinski definition) is 1. The molecule has 0 fully saturated rings. The summed E-state index contributed by atoms with van der Waals surface area (Å²) in [5.74, 6) is 1.55. The van der Waals surface area contributed by atoms with Crippen molar-refractivity contribution < 1.29 is 4.74 Å². The molecule has 0 bridgehead atoms. The lowest BCUT2D eigenvalue weighted by molar-refractivity contribution is 0.295. The van der Waals surface area contributed by atoms with Crippen LogP contribution in [0, 0.1) is 6.92 Å². The molecular weight excluding hydrogens is 190 g/mol. The van der Waals surface area contributed by atoms with Crippen molar-refractivity contribution in [2.24, 2.45) is 0 Å². The van der Waals surface area contributed by atoms with Gasteiger partial charge in [-0.15, -0.1) is 0 Å². The summed E-state index contributed by atoms with van der Waals surface area (Å²) in [5.41, 5.74) is 0.982. The highest BCUT2D eigenvalue weighted by Crippen LogP contribution is 2.20. The van der Waals surface area contributed by atoms with Gasteiger partial charge in [0.1, 0.15) is 12.1 Å². The zero-order valence-electron chi connectivity index (χ0n) is 9.71. The molecule has 0 spiro atoms. The van der Waals surface area contributed by atoms with Gasteiger partial charge in [-0.1, -0.05) is 13.3 Å². The van der Waals surface area contributed by atoms with Gasteiger partial charge in [0, 0.05) is 6.54 Å². The third kappa shape index (κ3) is 3.38. The van der Waals surface area contributed by atoms with Gasteiger partial charge in [0.05, 0.1) is 12.2 Å². The maximum Gasteiger partial charge on any atom is 0.221 e. The number of aromatic nitrogens is 2. The Labute approximate surface area is 91.1 Å². The van der Waals surface area contributed by atoms with E-state index in [1.54, 1.807) is 0 Å². The monoisotopic (exact) mass is 209 g/mol. The van der Waals surface area contributed by atoms with Gasteiger partial charge in [-0.2, -0.15) is 0 Å². The van der Waals surface area contributed by atoms with Crippen molar-refractivity contribution in [3.05, 3.63) is 11.9 Å². The Morgan fingerprint density at radius 2 is 2.13 bits per heavy atom. The van der Waals surface area contributed by atoms with E-state index in [1.807, 2.05) is 13.8 Å². The molecule has 4 heteroatoms. The maximum absolute atomic E-state index is 5.57. The minimum atomic E-state index is 0.689. The Morgan fingerprint density at radius 1 is 1.33 bits per heavy atom. The highest BCUT2D eigenvalue weighted by Gasteiger charge is 2.06. The predicted octanol–water partition coefficient (Wildman–Crippen LogP) is 2.40. The van der Waals surface area contributed by atoms with Crippen LogP contribution in [-0.2, 0) is 0 Å². The molecule has 0 saturated heterocycles. The molecule has 0 aliphatic carbocycles. The number of unbranched alkanes of at least 4 members (excludes halogenated alkanes) is 1. The van der Waals surface area contributed by atoms with E-state index in [4.69, 9.17) is 4.74 Å². The fourth-order valence-electron chi connectivity index (χ4n) is 1.24. The fraction of sp³-hybridized carbons (Fsp3) is 0.636. The Hall–Kier alpha value is -1.32. The molecule has 0 radical (unpaired) electrons. The zero-order chi connectivity index (χ0) is 11.1. The topological polar surface area (TPSA) is 47.0 Å². The first-order chi connectivity index (χ1) is 7.29. The summed E-state index contributed by atoms with van der Waals surface area (Å²) in [5, 5.41) is 3.18. The van der Waals surface area contributed by atoms with E-state index in [-0.39, 0.29) is 0 Å². The van der Waals surface area contributed by atoms with E-state index in [1.165, 1.54) is 6.33 Å². The van der Waals surface area contributed by atoms with Crippen molar-refractivity contribution in [3.8, 4) is 5.88 Å². The standard InChI is InChI=1S/C11H19N3O/c1-4-6-7-15-11-9(3)10(12-5-2)13-8-14-11/h8H,4-7H2,1-3H3,(H,12,13,14). The molecule has 84 valence electrons. The van der Waals surface area contributed by atoms with Gasteiger partial charge in [0.2, 0.25) is 5.88 Å². The number of nitrogens with zero attached hydrogens (tertiary/aromatic N) is 2. The van der Waals surface area contributed by atoms with Crippen LogP contribution < -0.4 is 10.1 Å².